The van der Waals surface area contributed by atoms with Gasteiger partial charge in [-0.3, -0.25) is 4.79 Å². The summed E-state index contributed by atoms with van der Waals surface area (Å²) in [4.78, 5) is 11.6. The van der Waals surface area contributed by atoms with E-state index >= 15 is 0 Å². The zero-order valence-electron chi connectivity index (χ0n) is 13.5. The Labute approximate surface area is 127 Å². The fraction of sp³-hybridized carbons (Fsp3) is 0.471. The van der Waals surface area contributed by atoms with E-state index < -0.39 is 0 Å². The summed E-state index contributed by atoms with van der Waals surface area (Å²) in [6.07, 6.45) is 3.32. The van der Waals surface area contributed by atoms with Crippen LogP contribution in [-0.2, 0) is 4.79 Å². The molecule has 0 saturated carbocycles. The molecule has 0 atom stereocenters. The van der Waals surface area contributed by atoms with E-state index in [0.29, 0.717) is 12.5 Å². The number of carbonyl (C=O) groups excluding carboxylic acids is 1. The minimum absolute atomic E-state index is 0.0796. The van der Waals surface area contributed by atoms with Gasteiger partial charge in [-0.25, -0.2) is 0 Å². The third kappa shape index (κ3) is 5.14. The molecule has 1 aliphatic heterocycles. The number of nitrogens with one attached hydrogen (secondary N) is 1. The number of fused-ring (bicyclic) bond motifs is 1. The second-order valence-corrected chi connectivity index (χ2v) is 5.04. The molecular weight excluding hydrogens is 266 g/mol. The highest BCUT2D eigenvalue weighted by Crippen LogP contribution is 2.36. The first-order valence-electron chi connectivity index (χ1n) is 7.42. The van der Waals surface area contributed by atoms with Crippen LogP contribution in [0.25, 0.3) is 6.08 Å². The van der Waals surface area contributed by atoms with E-state index in [4.69, 9.17) is 9.47 Å². The molecule has 0 bridgehead atoms. The van der Waals surface area contributed by atoms with Crippen molar-refractivity contribution in [3.8, 4) is 11.5 Å². The van der Waals surface area contributed by atoms with Crippen LogP contribution in [0, 0.1) is 12.8 Å². The minimum atomic E-state index is -0.0796. The number of rotatable bonds is 4. The number of amides is 1. The summed E-state index contributed by atoms with van der Waals surface area (Å²) < 4.78 is 10.7. The fourth-order valence-corrected chi connectivity index (χ4v) is 1.84. The summed E-state index contributed by atoms with van der Waals surface area (Å²) in [5, 5.41) is 2.84. The quantitative estimate of drug-likeness (QED) is 0.863. The Morgan fingerprint density at radius 1 is 1.33 bits per heavy atom. The van der Waals surface area contributed by atoms with Gasteiger partial charge in [-0.2, -0.15) is 0 Å². The minimum Gasteiger partial charge on any atom is -0.454 e. The van der Waals surface area contributed by atoms with Gasteiger partial charge in [-0.15, -0.1) is 0 Å². The molecule has 21 heavy (non-hydrogen) atoms. The van der Waals surface area contributed by atoms with E-state index in [1.807, 2.05) is 32.9 Å². The highest BCUT2D eigenvalue weighted by molar-refractivity contribution is 5.91. The lowest BCUT2D eigenvalue weighted by Crippen LogP contribution is -2.25. The lowest BCUT2D eigenvalue weighted by atomic mass is 10.1. The summed E-state index contributed by atoms with van der Waals surface area (Å²) in [5.74, 6) is 1.90. The van der Waals surface area contributed by atoms with Crippen LogP contribution in [0.2, 0.25) is 0 Å². The molecule has 4 nitrogen and oxygen atoms in total. The first-order valence-corrected chi connectivity index (χ1v) is 7.42. The second kappa shape index (κ2) is 8.35. The van der Waals surface area contributed by atoms with Gasteiger partial charge >= 0.3 is 0 Å². The molecule has 0 aromatic heterocycles. The van der Waals surface area contributed by atoms with Crippen LogP contribution in [0.1, 0.15) is 38.8 Å². The Hall–Kier alpha value is -1.97. The van der Waals surface area contributed by atoms with Crippen molar-refractivity contribution in [3.63, 3.8) is 0 Å². The average molecular weight is 291 g/mol. The van der Waals surface area contributed by atoms with Crippen LogP contribution in [-0.4, -0.2) is 19.2 Å². The van der Waals surface area contributed by atoms with Crippen molar-refractivity contribution in [2.45, 2.75) is 34.6 Å². The highest BCUT2D eigenvalue weighted by Gasteiger charge is 2.16. The van der Waals surface area contributed by atoms with E-state index in [0.717, 1.165) is 22.6 Å². The molecule has 1 aromatic rings. The molecule has 1 heterocycles. The summed E-state index contributed by atoms with van der Waals surface area (Å²) in [6.45, 7) is 11.0. The van der Waals surface area contributed by atoms with Crippen molar-refractivity contribution in [2.75, 3.05) is 13.3 Å². The van der Waals surface area contributed by atoms with E-state index in [1.54, 1.807) is 12.2 Å². The molecule has 4 heteroatoms. The average Bonchev–Trinajstić information content (AvgIpc) is 2.94. The van der Waals surface area contributed by atoms with E-state index in [2.05, 4.69) is 19.2 Å². The number of aryl methyl sites for hydroxylation is 1. The smallest absolute Gasteiger partial charge is 0.244 e. The van der Waals surface area contributed by atoms with E-state index in [1.165, 1.54) is 0 Å². The van der Waals surface area contributed by atoms with Crippen LogP contribution in [0.4, 0.5) is 0 Å². The van der Waals surface area contributed by atoms with Crippen LogP contribution < -0.4 is 14.8 Å². The van der Waals surface area contributed by atoms with Gasteiger partial charge in [-0.1, -0.05) is 27.7 Å². The number of carbonyl (C=O) groups is 1. The van der Waals surface area contributed by atoms with Crippen molar-refractivity contribution in [2.24, 2.45) is 5.92 Å². The number of ether oxygens (including phenoxy) is 2. The van der Waals surface area contributed by atoms with Gasteiger partial charge in [0.15, 0.2) is 11.5 Å². The number of hydrogen-bond acceptors (Lipinski definition) is 3. The van der Waals surface area contributed by atoms with Crippen LogP contribution in [0.5, 0.6) is 11.5 Å². The normalized spacial score (nSPS) is 12.3. The largest absolute Gasteiger partial charge is 0.454 e. The summed E-state index contributed by atoms with van der Waals surface area (Å²) in [7, 11) is 0. The molecule has 1 N–H and O–H groups in total. The maximum Gasteiger partial charge on any atom is 0.244 e. The van der Waals surface area contributed by atoms with Crippen molar-refractivity contribution >= 4 is 12.0 Å². The molecule has 1 aromatic carbocycles. The molecule has 0 saturated heterocycles. The highest BCUT2D eigenvalue weighted by atomic mass is 16.7. The van der Waals surface area contributed by atoms with Gasteiger partial charge in [0.25, 0.3) is 0 Å². The topological polar surface area (TPSA) is 47.6 Å². The maximum absolute atomic E-state index is 11.6. The van der Waals surface area contributed by atoms with Crippen LogP contribution >= 0.6 is 0 Å². The van der Waals surface area contributed by atoms with Crippen molar-refractivity contribution in [3.05, 3.63) is 29.3 Å². The molecule has 0 fully saturated rings. The van der Waals surface area contributed by atoms with Crippen molar-refractivity contribution in [1.82, 2.24) is 5.32 Å². The molecule has 0 radical (unpaired) electrons. The zero-order chi connectivity index (χ0) is 15.8. The molecular formula is C17H25NO3. The Balaban J connectivity index is 0.00000106. The third-order valence-electron chi connectivity index (χ3n) is 2.79. The molecule has 1 aliphatic rings. The Morgan fingerprint density at radius 3 is 2.71 bits per heavy atom. The monoisotopic (exact) mass is 291 g/mol. The summed E-state index contributed by atoms with van der Waals surface area (Å²) in [5.41, 5.74) is 1.94. The summed E-state index contributed by atoms with van der Waals surface area (Å²) >= 11 is 0. The first-order chi connectivity index (χ1) is 10.1. The lowest BCUT2D eigenvalue weighted by Gasteiger charge is -2.05. The lowest BCUT2D eigenvalue weighted by molar-refractivity contribution is -0.116. The van der Waals surface area contributed by atoms with Gasteiger partial charge < -0.3 is 14.8 Å². The SMILES string of the molecule is CC.Cc1cc(/C=C/C(=O)NCC(C)C)cc2c1OCO2. The van der Waals surface area contributed by atoms with Crippen LogP contribution in [0.15, 0.2) is 18.2 Å². The van der Waals surface area contributed by atoms with E-state index in [-0.39, 0.29) is 12.7 Å². The van der Waals surface area contributed by atoms with Crippen LogP contribution in [0.3, 0.4) is 0 Å². The maximum atomic E-state index is 11.6. The molecule has 2 rings (SSSR count). The van der Waals surface area contributed by atoms with E-state index in [9.17, 15) is 4.79 Å². The molecule has 1 amide bonds. The predicted octanol–water partition coefficient (Wildman–Crippen LogP) is 3.54. The van der Waals surface area contributed by atoms with Gasteiger partial charge in [0.05, 0.1) is 0 Å². The second-order valence-electron chi connectivity index (χ2n) is 5.04. The number of benzene rings is 1. The summed E-state index contributed by atoms with van der Waals surface area (Å²) in [6, 6.07) is 3.85. The molecule has 0 spiro atoms. The fourth-order valence-electron chi connectivity index (χ4n) is 1.84. The Bertz CT molecular complexity index is 507. The van der Waals surface area contributed by atoms with Gasteiger partial charge in [0, 0.05) is 12.6 Å². The number of hydrogen-bond donors (Lipinski definition) is 1. The molecule has 0 aliphatic carbocycles. The van der Waals surface area contributed by atoms with Gasteiger partial charge in [-0.05, 0) is 42.2 Å². The standard InChI is InChI=1S/C15H19NO3.C2H6/c1-10(2)8-16-14(17)5-4-12-6-11(3)15-13(7-12)18-9-19-15;1-2/h4-7,10H,8-9H2,1-3H3,(H,16,17);1-2H3/b5-4+;. The predicted molar refractivity (Wildman–Crippen MR) is 85.5 cm³/mol. The first kappa shape index (κ1) is 17.1. The Kier molecular flexibility index (Phi) is 6.79. The Morgan fingerprint density at radius 2 is 2.05 bits per heavy atom. The van der Waals surface area contributed by atoms with Crippen molar-refractivity contribution in [1.29, 1.82) is 0 Å². The van der Waals surface area contributed by atoms with Gasteiger partial charge in [0.2, 0.25) is 12.7 Å². The van der Waals surface area contributed by atoms with Crippen molar-refractivity contribution < 1.29 is 14.3 Å². The zero-order valence-corrected chi connectivity index (χ0v) is 13.5. The molecule has 116 valence electrons. The van der Waals surface area contributed by atoms with Gasteiger partial charge in [0.1, 0.15) is 0 Å². The molecule has 0 unspecified atom stereocenters. The third-order valence-corrected chi connectivity index (χ3v) is 2.79.